The molecule has 0 heterocycles. The van der Waals surface area contributed by atoms with Crippen LogP contribution in [-0.2, 0) is 16.5 Å². The van der Waals surface area contributed by atoms with Crippen LogP contribution >= 0.6 is 0 Å². The van der Waals surface area contributed by atoms with Gasteiger partial charge in [0.05, 0.1) is 4.90 Å². The molecular formula is C22H22O2S. The van der Waals surface area contributed by atoms with Crippen LogP contribution < -0.4 is 0 Å². The topological polar surface area (TPSA) is 37.3 Å². The van der Waals surface area contributed by atoms with Gasteiger partial charge in [0, 0.05) is 5.56 Å². The molecule has 0 saturated heterocycles. The van der Waals surface area contributed by atoms with Crippen LogP contribution in [-0.4, -0.2) is 8.76 Å². The molecule has 128 valence electrons. The van der Waals surface area contributed by atoms with Crippen molar-refractivity contribution >= 4 is 11.1 Å². The molecule has 0 saturated carbocycles. The van der Waals surface area contributed by atoms with Crippen LogP contribution in [0.1, 0.15) is 26.3 Å². The van der Waals surface area contributed by atoms with Crippen molar-refractivity contribution in [3.8, 4) is 22.3 Å². The first-order valence-electron chi connectivity index (χ1n) is 8.29. The van der Waals surface area contributed by atoms with E-state index in [0.717, 1.165) is 27.8 Å². The summed E-state index contributed by atoms with van der Waals surface area (Å²) >= 11 is -2.06. The molecule has 1 unspecified atom stereocenters. The Balaban J connectivity index is 2.46. The Labute approximate surface area is 151 Å². The van der Waals surface area contributed by atoms with Gasteiger partial charge in [-0.3, -0.25) is 0 Å². The van der Waals surface area contributed by atoms with Crippen molar-refractivity contribution in [2.24, 2.45) is 0 Å². The molecule has 0 aromatic heterocycles. The maximum atomic E-state index is 12.1. The third kappa shape index (κ3) is 3.58. The zero-order valence-corrected chi connectivity index (χ0v) is 15.5. The molecule has 0 fully saturated rings. The third-order valence-corrected chi connectivity index (χ3v) is 5.00. The average molecular weight is 350 g/mol. The van der Waals surface area contributed by atoms with Gasteiger partial charge in [-0.25, -0.2) is 4.21 Å². The number of hydrogen-bond acceptors (Lipinski definition) is 1. The van der Waals surface area contributed by atoms with E-state index >= 15 is 0 Å². The van der Waals surface area contributed by atoms with Crippen LogP contribution in [0.15, 0.2) is 77.7 Å². The predicted molar refractivity (Wildman–Crippen MR) is 105 cm³/mol. The van der Waals surface area contributed by atoms with Crippen molar-refractivity contribution in [3.05, 3.63) is 78.4 Å². The van der Waals surface area contributed by atoms with Gasteiger partial charge in [0.2, 0.25) is 0 Å². The van der Waals surface area contributed by atoms with Crippen molar-refractivity contribution in [3.63, 3.8) is 0 Å². The van der Waals surface area contributed by atoms with Crippen LogP contribution in [0.25, 0.3) is 22.3 Å². The fourth-order valence-electron chi connectivity index (χ4n) is 3.15. The standard InChI is InChI=1S/C22H22O2S/c1-22(2,3)18-14-15-19(25(23)24)21(17-12-8-5-9-13-17)20(18)16-10-6-4-7-11-16/h4-15H,1-3H3,(H,23,24). The summed E-state index contributed by atoms with van der Waals surface area (Å²) in [6.45, 7) is 6.50. The molecule has 3 rings (SSSR count). The predicted octanol–water partition coefficient (Wildman–Crippen LogP) is 5.90. The van der Waals surface area contributed by atoms with E-state index in [-0.39, 0.29) is 5.41 Å². The first-order valence-corrected chi connectivity index (χ1v) is 9.39. The second kappa shape index (κ2) is 6.95. The molecule has 0 aliphatic carbocycles. The lowest BCUT2D eigenvalue weighted by atomic mass is 9.79. The Morgan fingerprint density at radius 1 is 0.720 bits per heavy atom. The molecule has 0 aliphatic heterocycles. The van der Waals surface area contributed by atoms with E-state index in [1.165, 1.54) is 0 Å². The van der Waals surface area contributed by atoms with Crippen LogP contribution in [0.2, 0.25) is 0 Å². The molecular weight excluding hydrogens is 328 g/mol. The van der Waals surface area contributed by atoms with Gasteiger partial charge in [-0.2, -0.15) is 0 Å². The molecule has 2 nitrogen and oxygen atoms in total. The number of rotatable bonds is 3. The van der Waals surface area contributed by atoms with Gasteiger partial charge in [0.25, 0.3) is 0 Å². The molecule has 0 aliphatic rings. The van der Waals surface area contributed by atoms with Crippen LogP contribution in [0.3, 0.4) is 0 Å². The molecule has 1 N–H and O–H groups in total. The molecule has 0 amide bonds. The molecule has 0 spiro atoms. The van der Waals surface area contributed by atoms with Crippen molar-refractivity contribution in [1.29, 1.82) is 0 Å². The van der Waals surface area contributed by atoms with Gasteiger partial charge in [-0.1, -0.05) is 87.5 Å². The van der Waals surface area contributed by atoms with Crippen molar-refractivity contribution in [2.45, 2.75) is 31.1 Å². The van der Waals surface area contributed by atoms with E-state index in [4.69, 9.17) is 0 Å². The van der Waals surface area contributed by atoms with Gasteiger partial charge in [-0.15, -0.1) is 0 Å². The van der Waals surface area contributed by atoms with E-state index in [1.807, 2.05) is 54.6 Å². The van der Waals surface area contributed by atoms with Crippen molar-refractivity contribution in [2.75, 3.05) is 0 Å². The van der Waals surface area contributed by atoms with Gasteiger partial charge in [0.15, 0.2) is 11.1 Å². The van der Waals surface area contributed by atoms with Crippen molar-refractivity contribution in [1.82, 2.24) is 0 Å². The largest absolute Gasteiger partial charge is 0.302 e. The summed E-state index contributed by atoms with van der Waals surface area (Å²) in [6.07, 6.45) is 0. The second-order valence-corrected chi connectivity index (χ2v) is 8.03. The molecule has 3 aromatic carbocycles. The summed E-state index contributed by atoms with van der Waals surface area (Å²) in [5, 5.41) is 0. The molecule has 3 aromatic rings. The lowest BCUT2D eigenvalue weighted by molar-refractivity contribution is 0.563. The molecule has 3 heteroatoms. The fourth-order valence-corrected chi connectivity index (χ4v) is 3.73. The first-order chi connectivity index (χ1) is 11.9. The second-order valence-electron chi connectivity index (χ2n) is 7.09. The summed E-state index contributed by atoms with van der Waals surface area (Å²) in [7, 11) is 0. The fraction of sp³-hybridized carbons (Fsp3) is 0.182. The Hall–Kier alpha value is -2.23. The minimum absolute atomic E-state index is 0.0931. The maximum Gasteiger partial charge on any atom is 0.187 e. The Bertz CT molecular complexity index is 895. The normalized spacial score (nSPS) is 12.8. The van der Waals surface area contributed by atoms with Crippen LogP contribution in [0, 0.1) is 0 Å². The molecule has 25 heavy (non-hydrogen) atoms. The van der Waals surface area contributed by atoms with E-state index in [0.29, 0.717) is 4.90 Å². The SMILES string of the molecule is CC(C)(C)c1ccc(S(=O)O)c(-c2ccccc2)c1-c1ccccc1. The summed E-state index contributed by atoms with van der Waals surface area (Å²) in [5.74, 6) is 0. The lowest BCUT2D eigenvalue weighted by Gasteiger charge is -2.26. The molecule has 0 bridgehead atoms. The van der Waals surface area contributed by atoms with Crippen LogP contribution in [0.4, 0.5) is 0 Å². The van der Waals surface area contributed by atoms with E-state index in [1.54, 1.807) is 6.07 Å². The Morgan fingerprint density at radius 3 is 1.64 bits per heavy atom. The summed E-state index contributed by atoms with van der Waals surface area (Å²) in [6, 6.07) is 23.7. The first kappa shape index (κ1) is 17.6. The van der Waals surface area contributed by atoms with Gasteiger partial charge in [-0.05, 0) is 33.7 Å². The van der Waals surface area contributed by atoms with E-state index < -0.39 is 11.1 Å². The third-order valence-electron chi connectivity index (χ3n) is 4.29. The monoisotopic (exact) mass is 350 g/mol. The number of benzene rings is 3. The number of hydrogen-bond donors (Lipinski definition) is 1. The highest BCUT2D eigenvalue weighted by atomic mass is 32.2. The lowest BCUT2D eigenvalue weighted by Crippen LogP contribution is -2.14. The Kier molecular flexibility index (Phi) is 4.89. The summed E-state index contributed by atoms with van der Waals surface area (Å²) in [5.41, 5.74) is 4.93. The molecule has 1 atom stereocenters. The highest BCUT2D eigenvalue weighted by Gasteiger charge is 2.25. The zero-order chi connectivity index (χ0) is 18.0. The summed E-state index contributed by atoms with van der Waals surface area (Å²) in [4.78, 5) is 0.443. The smallest absolute Gasteiger partial charge is 0.187 e. The summed E-state index contributed by atoms with van der Waals surface area (Å²) < 4.78 is 22.0. The minimum Gasteiger partial charge on any atom is -0.302 e. The van der Waals surface area contributed by atoms with E-state index in [2.05, 4.69) is 32.9 Å². The quantitative estimate of drug-likeness (QED) is 0.597. The highest BCUT2D eigenvalue weighted by Crippen LogP contribution is 2.42. The molecule has 0 radical (unpaired) electrons. The highest BCUT2D eigenvalue weighted by molar-refractivity contribution is 7.79. The zero-order valence-electron chi connectivity index (χ0n) is 14.7. The van der Waals surface area contributed by atoms with Crippen LogP contribution in [0.5, 0.6) is 0 Å². The van der Waals surface area contributed by atoms with Gasteiger partial charge < -0.3 is 4.55 Å². The van der Waals surface area contributed by atoms with Crippen molar-refractivity contribution < 1.29 is 8.76 Å². The average Bonchev–Trinajstić information content (AvgIpc) is 2.61. The minimum atomic E-state index is -2.06. The van der Waals surface area contributed by atoms with E-state index in [9.17, 15) is 8.76 Å². The van der Waals surface area contributed by atoms with Gasteiger partial charge >= 0.3 is 0 Å². The maximum absolute atomic E-state index is 12.1. The van der Waals surface area contributed by atoms with Gasteiger partial charge in [0.1, 0.15) is 0 Å². The Morgan fingerprint density at radius 2 is 1.20 bits per heavy atom.